The van der Waals surface area contributed by atoms with Gasteiger partial charge in [0.05, 0.1) is 19.4 Å². The van der Waals surface area contributed by atoms with E-state index in [0.717, 1.165) is 0 Å². The third-order valence-electron chi connectivity index (χ3n) is 2.44. The molecule has 22 heavy (non-hydrogen) atoms. The lowest BCUT2D eigenvalue weighted by atomic mass is 10.2. The molecule has 0 spiro atoms. The molecule has 0 aromatic heterocycles. The summed E-state index contributed by atoms with van der Waals surface area (Å²) in [6, 6.07) is 5.27. The van der Waals surface area contributed by atoms with Gasteiger partial charge in [0.15, 0.2) is 11.5 Å². The van der Waals surface area contributed by atoms with Gasteiger partial charge < -0.3 is 15.2 Å². The minimum Gasteiger partial charge on any atom is -0.490 e. The molecule has 2 amide bonds. The second-order valence-corrected chi connectivity index (χ2v) is 4.91. The first-order chi connectivity index (χ1) is 10.4. The maximum absolute atomic E-state index is 11.0. The number of nitrogens with one attached hydrogen (secondary N) is 1. The Hall–Kier alpha value is -2.57. The van der Waals surface area contributed by atoms with Crippen LogP contribution < -0.4 is 20.6 Å². The first kappa shape index (κ1) is 17.5. The molecular formula is C15H21N3O4. The van der Waals surface area contributed by atoms with Crippen molar-refractivity contribution in [2.24, 2.45) is 16.8 Å². The number of hydrogen-bond acceptors (Lipinski definition) is 5. The number of ether oxygens (including phenoxy) is 2. The average molecular weight is 307 g/mol. The van der Waals surface area contributed by atoms with Crippen molar-refractivity contribution in [1.82, 2.24) is 5.43 Å². The van der Waals surface area contributed by atoms with E-state index in [9.17, 15) is 9.59 Å². The van der Waals surface area contributed by atoms with E-state index in [1.165, 1.54) is 6.21 Å². The largest absolute Gasteiger partial charge is 0.490 e. The van der Waals surface area contributed by atoms with Gasteiger partial charge in [0.25, 0.3) is 0 Å². The summed E-state index contributed by atoms with van der Waals surface area (Å²) in [6.07, 6.45) is 1.38. The van der Waals surface area contributed by atoms with Gasteiger partial charge in [-0.2, -0.15) is 5.10 Å². The van der Waals surface area contributed by atoms with Gasteiger partial charge in [-0.25, -0.2) is 5.43 Å². The Balaban J connectivity index is 2.80. The number of primary amides is 1. The van der Waals surface area contributed by atoms with Crippen LogP contribution >= 0.6 is 0 Å². The Bertz CT molecular complexity index is 556. The lowest BCUT2D eigenvalue weighted by Crippen LogP contribution is -2.32. The molecule has 0 saturated carbocycles. The highest BCUT2D eigenvalue weighted by atomic mass is 16.5. The second kappa shape index (κ2) is 8.66. The van der Waals surface area contributed by atoms with E-state index in [-0.39, 0.29) is 0 Å². The summed E-state index contributed by atoms with van der Waals surface area (Å²) in [5, 5.41) is 3.65. The van der Waals surface area contributed by atoms with E-state index in [1.807, 2.05) is 12.3 Å². The SMILES string of the molecule is CCOc1cc(/C=N\NC(=O)C(N)=O)ccc1OCC(C)C. The van der Waals surface area contributed by atoms with E-state index < -0.39 is 11.8 Å². The molecule has 120 valence electrons. The average Bonchev–Trinajstić information content (AvgIpc) is 2.46. The molecule has 1 rings (SSSR count). The van der Waals surface area contributed by atoms with E-state index in [4.69, 9.17) is 15.2 Å². The number of carbonyl (C=O) groups is 2. The zero-order valence-electron chi connectivity index (χ0n) is 13.0. The summed E-state index contributed by atoms with van der Waals surface area (Å²) < 4.78 is 11.2. The lowest BCUT2D eigenvalue weighted by molar-refractivity contribution is -0.137. The van der Waals surface area contributed by atoms with E-state index in [2.05, 4.69) is 18.9 Å². The summed E-state index contributed by atoms with van der Waals surface area (Å²) in [5.41, 5.74) is 7.50. The third kappa shape index (κ3) is 5.82. The summed E-state index contributed by atoms with van der Waals surface area (Å²) >= 11 is 0. The number of benzene rings is 1. The molecule has 3 N–H and O–H groups in total. The lowest BCUT2D eigenvalue weighted by Gasteiger charge is -2.13. The highest BCUT2D eigenvalue weighted by Gasteiger charge is 2.08. The van der Waals surface area contributed by atoms with Gasteiger partial charge in [-0.1, -0.05) is 13.8 Å². The molecular weight excluding hydrogens is 286 g/mol. The molecule has 0 fully saturated rings. The van der Waals surface area contributed by atoms with Crippen LogP contribution in [0.25, 0.3) is 0 Å². The van der Waals surface area contributed by atoms with Gasteiger partial charge in [0, 0.05) is 0 Å². The molecule has 1 aromatic carbocycles. The van der Waals surface area contributed by atoms with Crippen molar-refractivity contribution in [2.75, 3.05) is 13.2 Å². The van der Waals surface area contributed by atoms with Crippen molar-refractivity contribution in [1.29, 1.82) is 0 Å². The quantitative estimate of drug-likeness (QED) is 0.446. The molecule has 0 atom stereocenters. The van der Waals surface area contributed by atoms with E-state index in [1.54, 1.807) is 18.2 Å². The van der Waals surface area contributed by atoms with Crippen molar-refractivity contribution in [2.45, 2.75) is 20.8 Å². The van der Waals surface area contributed by atoms with Gasteiger partial charge in [-0.05, 0) is 36.6 Å². The second-order valence-electron chi connectivity index (χ2n) is 4.91. The monoisotopic (exact) mass is 307 g/mol. The first-order valence-corrected chi connectivity index (χ1v) is 6.96. The molecule has 0 saturated heterocycles. The predicted octanol–water partition coefficient (Wildman–Crippen LogP) is 1.06. The van der Waals surface area contributed by atoms with Crippen molar-refractivity contribution in [3.05, 3.63) is 23.8 Å². The molecule has 0 aliphatic rings. The first-order valence-electron chi connectivity index (χ1n) is 6.96. The number of hydrazone groups is 1. The van der Waals surface area contributed by atoms with Crippen LogP contribution in [0.2, 0.25) is 0 Å². The summed E-state index contributed by atoms with van der Waals surface area (Å²) in [5.74, 6) is -0.426. The van der Waals surface area contributed by atoms with Crippen LogP contribution in [-0.2, 0) is 9.59 Å². The summed E-state index contributed by atoms with van der Waals surface area (Å²) in [6.45, 7) is 7.07. The number of amides is 2. The number of rotatable bonds is 7. The molecule has 0 radical (unpaired) electrons. The van der Waals surface area contributed by atoms with Crippen LogP contribution in [0.5, 0.6) is 11.5 Å². The zero-order valence-corrected chi connectivity index (χ0v) is 13.0. The molecule has 0 bridgehead atoms. The minimum absolute atomic E-state index is 0.403. The van der Waals surface area contributed by atoms with E-state index in [0.29, 0.717) is 36.2 Å². The van der Waals surface area contributed by atoms with Gasteiger partial charge in [-0.15, -0.1) is 0 Å². The standard InChI is InChI=1S/C15H21N3O4/c1-4-21-13-7-11(8-17-18-15(20)14(16)19)5-6-12(13)22-9-10(2)3/h5-8,10H,4,9H2,1-3H3,(H2,16,19)(H,18,20)/b17-8-. The maximum Gasteiger partial charge on any atom is 0.329 e. The maximum atomic E-state index is 11.0. The molecule has 0 aliphatic heterocycles. The Morgan fingerprint density at radius 3 is 2.64 bits per heavy atom. The molecule has 7 nitrogen and oxygen atoms in total. The molecule has 0 unspecified atom stereocenters. The van der Waals surface area contributed by atoms with Crippen LogP contribution in [0.3, 0.4) is 0 Å². The van der Waals surface area contributed by atoms with Crippen LogP contribution in [0.1, 0.15) is 26.3 Å². The van der Waals surface area contributed by atoms with Crippen molar-refractivity contribution < 1.29 is 19.1 Å². The fourth-order valence-corrected chi connectivity index (χ4v) is 1.47. The Morgan fingerprint density at radius 1 is 1.32 bits per heavy atom. The van der Waals surface area contributed by atoms with E-state index >= 15 is 0 Å². The number of nitrogens with zero attached hydrogens (tertiary/aromatic N) is 1. The Kier molecular flexibility index (Phi) is 6.88. The normalized spacial score (nSPS) is 10.7. The highest BCUT2D eigenvalue weighted by Crippen LogP contribution is 2.28. The fourth-order valence-electron chi connectivity index (χ4n) is 1.47. The summed E-state index contributed by atoms with van der Waals surface area (Å²) in [4.78, 5) is 21.5. The molecule has 0 heterocycles. The number of carbonyl (C=O) groups excluding carboxylic acids is 2. The van der Waals surface area contributed by atoms with Crippen molar-refractivity contribution in [3.8, 4) is 11.5 Å². The van der Waals surface area contributed by atoms with Crippen molar-refractivity contribution in [3.63, 3.8) is 0 Å². The fraction of sp³-hybridized carbons (Fsp3) is 0.400. The topological polar surface area (TPSA) is 103 Å². The van der Waals surface area contributed by atoms with Crippen molar-refractivity contribution >= 4 is 18.0 Å². The molecule has 1 aromatic rings. The van der Waals surface area contributed by atoms with Crippen LogP contribution in [0, 0.1) is 5.92 Å². The predicted molar refractivity (Wildman–Crippen MR) is 82.9 cm³/mol. The summed E-state index contributed by atoms with van der Waals surface area (Å²) in [7, 11) is 0. The van der Waals surface area contributed by atoms with Gasteiger partial charge >= 0.3 is 11.8 Å². The Labute approximate surface area is 129 Å². The van der Waals surface area contributed by atoms with Crippen LogP contribution in [-0.4, -0.2) is 31.2 Å². The van der Waals surface area contributed by atoms with Gasteiger partial charge in [0.2, 0.25) is 0 Å². The van der Waals surface area contributed by atoms with Gasteiger partial charge in [-0.3, -0.25) is 9.59 Å². The highest BCUT2D eigenvalue weighted by molar-refractivity contribution is 6.34. The molecule has 0 aliphatic carbocycles. The smallest absolute Gasteiger partial charge is 0.329 e. The minimum atomic E-state index is -1.09. The zero-order chi connectivity index (χ0) is 16.5. The number of nitrogens with two attached hydrogens (primary N) is 1. The van der Waals surface area contributed by atoms with Crippen LogP contribution in [0.15, 0.2) is 23.3 Å². The molecule has 7 heteroatoms. The van der Waals surface area contributed by atoms with Gasteiger partial charge in [0.1, 0.15) is 0 Å². The Morgan fingerprint density at radius 2 is 2.05 bits per heavy atom. The van der Waals surface area contributed by atoms with Crippen LogP contribution in [0.4, 0.5) is 0 Å². The number of hydrogen-bond donors (Lipinski definition) is 2. The third-order valence-corrected chi connectivity index (χ3v) is 2.44.